The molecule has 0 spiro atoms. The van der Waals surface area contributed by atoms with Crippen molar-refractivity contribution in [1.29, 1.82) is 0 Å². The zero-order valence-electron chi connectivity index (χ0n) is 5.53. The second-order valence-electron chi connectivity index (χ2n) is 2.46. The number of hydrogen-bond acceptors (Lipinski definition) is 2. The Bertz CT molecular complexity index is 200. The molecule has 2 rings (SSSR count). The highest BCUT2D eigenvalue weighted by atomic mass is 35.5. The van der Waals surface area contributed by atoms with Gasteiger partial charge in [0.15, 0.2) is 0 Å². The second-order valence-corrected chi connectivity index (χ2v) is 2.46. The predicted molar refractivity (Wildman–Crippen MR) is 41.2 cm³/mol. The van der Waals surface area contributed by atoms with Gasteiger partial charge in [-0.2, -0.15) is 0 Å². The molecule has 1 aromatic heterocycles. The first-order valence-electron chi connectivity index (χ1n) is 3.12. The van der Waals surface area contributed by atoms with Gasteiger partial charge in [0.1, 0.15) is 5.82 Å². The van der Waals surface area contributed by atoms with Crippen LogP contribution in [0.15, 0.2) is 12.4 Å². The molecule has 0 saturated heterocycles. The van der Waals surface area contributed by atoms with Crippen LogP contribution in [0.4, 0.5) is 0 Å². The Morgan fingerprint density at radius 3 is 3.20 bits per heavy atom. The highest BCUT2D eigenvalue weighted by molar-refractivity contribution is 5.85. The van der Waals surface area contributed by atoms with E-state index >= 15 is 0 Å². The standard InChI is InChI=1S/C6H9N3.ClH/c7-5-3-6-8-1-2-9(6)4-5;/h1-2,5H,3-4,7H2;1H. The van der Waals surface area contributed by atoms with Crippen molar-refractivity contribution in [3.05, 3.63) is 18.2 Å². The van der Waals surface area contributed by atoms with Gasteiger partial charge in [-0.25, -0.2) is 4.98 Å². The van der Waals surface area contributed by atoms with Crippen LogP contribution in [0.2, 0.25) is 0 Å². The highest BCUT2D eigenvalue weighted by Crippen LogP contribution is 2.09. The van der Waals surface area contributed by atoms with Gasteiger partial charge in [-0.1, -0.05) is 0 Å². The van der Waals surface area contributed by atoms with Crippen molar-refractivity contribution in [3.63, 3.8) is 0 Å². The Hall–Kier alpha value is -0.540. The predicted octanol–water partition coefficient (Wildman–Crippen LogP) is 0.188. The summed E-state index contributed by atoms with van der Waals surface area (Å²) >= 11 is 0. The van der Waals surface area contributed by atoms with Crippen LogP contribution in [-0.4, -0.2) is 15.6 Å². The van der Waals surface area contributed by atoms with E-state index in [1.54, 1.807) is 0 Å². The van der Waals surface area contributed by atoms with E-state index < -0.39 is 0 Å². The minimum atomic E-state index is 0. The number of rotatable bonds is 0. The van der Waals surface area contributed by atoms with Crippen LogP contribution >= 0.6 is 12.4 Å². The molecular formula is C6H10ClN3. The summed E-state index contributed by atoms with van der Waals surface area (Å²) in [5, 5.41) is 0. The van der Waals surface area contributed by atoms with Crippen LogP contribution in [0.3, 0.4) is 0 Å². The molecule has 2 heterocycles. The second kappa shape index (κ2) is 2.60. The van der Waals surface area contributed by atoms with Crippen LogP contribution in [0.5, 0.6) is 0 Å². The number of halogens is 1. The van der Waals surface area contributed by atoms with E-state index in [2.05, 4.69) is 9.55 Å². The summed E-state index contributed by atoms with van der Waals surface area (Å²) in [5.41, 5.74) is 5.67. The minimum absolute atomic E-state index is 0. The lowest BCUT2D eigenvalue weighted by molar-refractivity contribution is 0.641. The van der Waals surface area contributed by atoms with Crippen molar-refractivity contribution >= 4 is 12.4 Å². The molecule has 0 aromatic carbocycles. The zero-order chi connectivity index (χ0) is 6.27. The van der Waals surface area contributed by atoms with Crippen molar-refractivity contribution < 1.29 is 0 Å². The summed E-state index contributed by atoms with van der Waals surface area (Å²) in [7, 11) is 0. The Morgan fingerprint density at radius 1 is 1.70 bits per heavy atom. The van der Waals surface area contributed by atoms with Gasteiger partial charge in [0.2, 0.25) is 0 Å². The smallest absolute Gasteiger partial charge is 0.110 e. The van der Waals surface area contributed by atoms with E-state index in [1.807, 2.05) is 12.4 Å². The number of fused-ring (bicyclic) bond motifs is 1. The van der Waals surface area contributed by atoms with Crippen molar-refractivity contribution in [3.8, 4) is 0 Å². The monoisotopic (exact) mass is 159 g/mol. The molecule has 4 heteroatoms. The van der Waals surface area contributed by atoms with Gasteiger partial charge >= 0.3 is 0 Å². The fraction of sp³-hybridized carbons (Fsp3) is 0.500. The SMILES string of the molecule is Cl.NC1Cc2nccn2C1. The lowest BCUT2D eigenvalue weighted by Crippen LogP contribution is -2.20. The third-order valence-electron chi connectivity index (χ3n) is 1.68. The molecule has 1 aliphatic heterocycles. The molecule has 10 heavy (non-hydrogen) atoms. The number of imidazole rings is 1. The van der Waals surface area contributed by atoms with Crippen molar-refractivity contribution in [2.45, 2.75) is 19.0 Å². The quantitative estimate of drug-likeness (QED) is 0.588. The van der Waals surface area contributed by atoms with E-state index in [4.69, 9.17) is 5.73 Å². The first-order valence-corrected chi connectivity index (χ1v) is 3.12. The van der Waals surface area contributed by atoms with E-state index in [-0.39, 0.29) is 12.4 Å². The summed E-state index contributed by atoms with van der Waals surface area (Å²) in [4.78, 5) is 4.13. The molecule has 0 bridgehead atoms. The Morgan fingerprint density at radius 2 is 2.50 bits per heavy atom. The fourth-order valence-electron chi connectivity index (χ4n) is 1.25. The number of aromatic nitrogens is 2. The van der Waals surface area contributed by atoms with Gasteiger partial charge in [-0.3, -0.25) is 0 Å². The lowest BCUT2D eigenvalue weighted by Gasteiger charge is -1.95. The molecule has 0 amide bonds. The summed E-state index contributed by atoms with van der Waals surface area (Å²) in [6.07, 6.45) is 4.73. The van der Waals surface area contributed by atoms with Crippen LogP contribution in [0, 0.1) is 0 Å². The Balaban J connectivity index is 0.000000500. The Kier molecular flexibility index (Phi) is 1.97. The average Bonchev–Trinajstić information content (AvgIpc) is 2.22. The molecule has 3 nitrogen and oxygen atoms in total. The van der Waals surface area contributed by atoms with Crippen LogP contribution < -0.4 is 5.73 Å². The third kappa shape index (κ3) is 1.02. The van der Waals surface area contributed by atoms with Gasteiger partial charge in [-0.05, 0) is 0 Å². The summed E-state index contributed by atoms with van der Waals surface area (Å²) in [6.45, 7) is 0.940. The molecule has 2 N–H and O–H groups in total. The fourth-order valence-corrected chi connectivity index (χ4v) is 1.25. The number of nitrogens with two attached hydrogens (primary N) is 1. The van der Waals surface area contributed by atoms with E-state index in [0.29, 0.717) is 6.04 Å². The lowest BCUT2D eigenvalue weighted by atomic mass is 10.3. The van der Waals surface area contributed by atoms with E-state index in [1.165, 1.54) is 0 Å². The first-order chi connectivity index (χ1) is 4.36. The molecule has 1 aromatic rings. The van der Waals surface area contributed by atoms with Gasteiger partial charge in [0, 0.05) is 31.4 Å². The largest absolute Gasteiger partial charge is 0.333 e. The molecule has 56 valence electrons. The van der Waals surface area contributed by atoms with Crippen LogP contribution in [0.1, 0.15) is 5.82 Å². The molecule has 0 saturated carbocycles. The molecule has 0 fully saturated rings. The molecule has 0 radical (unpaired) electrons. The first kappa shape index (κ1) is 7.57. The van der Waals surface area contributed by atoms with Crippen molar-refractivity contribution in [2.24, 2.45) is 5.73 Å². The van der Waals surface area contributed by atoms with Gasteiger partial charge in [-0.15, -0.1) is 12.4 Å². The maximum Gasteiger partial charge on any atom is 0.110 e. The highest BCUT2D eigenvalue weighted by Gasteiger charge is 2.16. The third-order valence-corrected chi connectivity index (χ3v) is 1.68. The molecular weight excluding hydrogens is 150 g/mol. The van der Waals surface area contributed by atoms with Gasteiger partial charge < -0.3 is 10.3 Å². The molecule has 0 aliphatic carbocycles. The summed E-state index contributed by atoms with van der Waals surface area (Å²) < 4.78 is 2.10. The minimum Gasteiger partial charge on any atom is -0.333 e. The molecule has 1 atom stereocenters. The normalized spacial score (nSPS) is 21.9. The summed E-state index contributed by atoms with van der Waals surface area (Å²) in [5.74, 6) is 1.13. The van der Waals surface area contributed by atoms with Crippen molar-refractivity contribution in [2.75, 3.05) is 0 Å². The topological polar surface area (TPSA) is 43.8 Å². The maximum atomic E-state index is 5.67. The molecule has 1 unspecified atom stereocenters. The Labute approximate surface area is 65.7 Å². The number of hydrogen-bond donors (Lipinski definition) is 1. The van der Waals surface area contributed by atoms with Crippen LogP contribution in [-0.2, 0) is 13.0 Å². The average molecular weight is 160 g/mol. The van der Waals surface area contributed by atoms with E-state index in [0.717, 1.165) is 18.8 Å². The van der Waals surface area contributed by atoms with Gasteiger partial charge in [0.05, 0.1) is 0 Å². The molecule has 1 aliphatic rings. The number of nitrogens with zero attached hydrogens (tertiary/aromatic N) is 2. The van der Waals surface area contributed by atoms with Gasteiger partial charge in [0.25, 0.3) is 0 Å². The van der Waals surface area contributed by atoms with Crippen molar-refractivity contribution in [1.82, 2.24) is 9.55 Å². The van der Waals surface area contributed by atoms with E-state index in [9.17, 15) is 0 Å². The van der Waals surface area contributed by atoms with Crippen LogP contribution in [0.25, 0.3) is 0 Å². The summed E-state index contributed by atoms with van der Waals surface area (Å²) in [6, 6.07) is 0.300. The maximum absolute atomic E-state index is 5.67. The zero-order valence-corrected chi connectivity index (χ0v) is 6.34.